The molecule has 0 fully saturated rings. The molecular formula is C21H16ClFN2O7. The van der Waals surface area contributed by atoms with E-state index in [0.29, 0.717) is 5.56 Å². The monoisotopic (exact) mass is 462 g/mol. The Balaban J connectivity index is 2.15. The fourth-order valence-electron chi connectivity index (χ4n) is 3.07. The average Bonchev–Trinajstić information content (AvgIpc) is 2.71. The van der Waals surface area contributed by atoms with Crippen molar-refractivity contribution in [1.82, 2.24) is 4.98 Å². The van der Waals surface area contributed by atoms with Crippen molar-refractivity contribution < 1.29 is 33.7 Å². The fourth-order valence-corrected chi connectivity index (χ4v) is 3.30. The summed E-state index contributed by atoms with van der Waals surface area (Å²) >= 11 is 6.01. The molecule has 1 heterocycles. The molecule has 3 rings (SSSR count). The number of halogens is 2. The molecular weight excluding hydrogens is 447 g/mol. The van der Waals surface area contributed by atoms with Crippen molar-refractivity contribution in [1.29, 1.82) is 0 Å². The van der Waals surface area contributed by atoms with Gasteiger partial charge in [0.05, 0.1) is 12.1 Å². The van der Waals surface area contributed by atoms with Gasteiger partial charge in [0.25, 0.3) is 5.56 Å². The zero-order valence-corrected chi connectivity index (χ0v) is 17.2. The summed E-state index contributed by atoms with van der Waals surface area (Å²) in [5.41, 5.74) is 3.32. The minimum Gasteiger partial charge on any atom is -0.493 e. The molecule has 3 aromatic rings. The fraction of sp³-hybridized carbons (Fsp3) is 0.0952. The normalized spacial score (nSPS) is 10.6. The third kappa shape index (κ3) is 4.35. The summed E-state index contributed by atoms with van der Waals surface area (Å²) in [5.74, 6) is -3.87. The molecule has 0 bridgehead atoms. The van der Waals surface area contributed by atoms with Crippen LogP contribution in [0.5, 0.6) is 11.5 Å². The SMILES string of the molecule is COc1ccc(-c2c(C(=O)O)c(N)[nH]c(=O)c2C(=O)O)cc1OCc1ccc(F)cc1Cl. The summed E-state index contributed by atoms with van der Waals surface area (Å²) in [5, 5.41) is 19.2. The Morgan fingerprint density at radius 3 is 2.38 bits per heavy atom. The quantitative estimate of drug-likeness (QED) is 0.417. The van der Waals surface area contributed by atoms with Crippen LogP contribution < -0.4 is 20.8 Å². The topological polar surface area (TPSA) is 152 Å². The molecule has 5 N–H and O–H groups in total. The number of pyridine rings is 1. The Bertz CT molecular complexity index is 1290. The van der Waals surface area contributed by atoms with Gasteiger partial charge in [-0.3, -0.25) is 4.79 Å². The highest BCUT2D eigenvalue weighted by Crippen LogP contribution is 2.36. The number of carbonyl (C=O) groups is 2. The number of nitrogens with one attached hydrogen (secondary N) is 1. The number of methoxy groups -OCH3 is 1. The van der Waals surface area contributed by atoms with E-state index in [1.807, 2.05) is 4.98 Å². The van der Waals surface area contributed by atoms with E-state index in [4.69, 9.17) is 26.8 Å². The van der Waals surface area contributed by atoms with Gasteiger partial charge in [-0.25, -0.2) is 14.0 Å². The number of hydrogen-bond donors (Lipinski definition) is 4. The first kappa shape index (κ1) is 22.6. The molecule has 2 aromatic carbocycles. The van der Waals surface area contributed by atoms with Gasteiger partial charge < -0.3 is 30.4 Å². The third-order valence-electron chi connectivity index (χ3n) is 4.52. The molecule has 0 aliphatic carbocycles. The number of aromatic nitrogens is 1. The molecule has 0 amide bonds. The maximum Gasteiger partial charge on any atom is 0.342 e. The first-order chi connectivity index (χ1) is 15.1. The lowest BCUT2D eigenvalue weighted by Crippen LogP contribution is -2.24. The highest BCUT2D eigenvalue weighted by atomic mass is 35.5. The number of aromatic amines is 1. The van der Waals surface area contributed by atoms with Crippen LogP contribution in [0.15, 0.2) is 41.2 Å². The van der Waals surface area contributed by atoms with Crippen molar-refractivity contribution in [3.63, 3.8) is 0 Å². The Hall–Kier alpha value is -4.05. The lowest BCUT2D eigenvalue weighted by molar-refractivity contribution is 0.0695. The molecule has 166 valence electrons. The van der Waals surface area contributed by atoms with Crippen LogP contribution in [-0.2, 0) is 6.61 Å². The third-order valence-corrected chi connectivity index (χ3v) is 4.87. The van der Waals surface area contributed by atoms with Crippen LogP contribution in [0.25, 0.3) is 11.1 Å². The first-order valence-electron chi connectivity index (χ1n) is 8.91. The molecule has 0 unspecified atom stereocenters. The number of carboxylic acid groups (broad SMARTS) is 2. The minimum absolute atomic E-state index is 0.0404. The van der Waals surface area contributed by atoms with E-state index < -0.39 is 45.8 Å². The summed E-state index contributed by atoms with van der Waals surface area (Å²) < 4.78 is 24.2. The van der Waals surface area contributed by atoms with Crippen molar-refractivity contribution in [3.05, 3.63) is 74.3 Å². The first-order valence-corrected chi connectivity index (χ1v) is 9.29. The molecule has 0 aliphatic rings. The Labute approximate surface area is 184 Å². The number of rotatable bonds is 7. The van der Waals surface area contributed by atoms with Crippen LogP contribution in [0.3, 0.4) is 0 Å². The van der Waals surface area contributed by atoms with Crippen LogP contribution in [-0.4, -0.2) is 34.2 Å². The summed E-state index contributed by atoms with van der Waals surface area (Å²) in [7, 11) is 1.36. The van der Waals surface area contributed by atoms with Crippen molar-refractivity contribution in [2.45, 2.75) is 6.61 Å². The van der Waals surface area contributed by atoms with E-state index in [9.17, 15) is 29.0 Å². The van der Waals surface area contributed by atoms with Crippen LogP contribution in [0.1, 0.15) is 26.3 Å². The number of H-pyrrole nitrogens is 1. The van der Waals surface area contributed by atoms with Gasteiger partial charge in [0.15, 0.2) is 11.5 Å². The summed E-state index contributed by atoms with van der Waals surface area (Å²) in [6.45, 7) is -0.103. The minimum atomic E-state index is -1.64. The van der Waals surface area contributed by atoms with Gasteiger partial charge in [-0.05, 0) is 29.8 Å². The summed E-state index contributed by atoms with van der Waals surface area (Å²) in [4.78, 5) is 37.8. The van der Waals surface area contributed by atoms with Gasteiger partial charge in [0, 0.05) is 11.1 Å². The predicted molar refractivity (Wildman–Crippen MR) is 113 cm³/mol. The van der Waals surface area contributed by atoms with Crippen molar-refractivity contribution in [2.24, 2.45) is 0 Å². The average molecular weight is 463 g/mol. The second-order valence-corrected chi connectivity index (χ2v) is 6.90. The van der Waals surface area contributed by atoms with Crippen LogP contribution >= 0.6 is 11.6 Å². The van der Waals surface area contributed by atoms with Gasteiger partial charge in [-0.15, -0.1) is 0 Å². The molecule has 0 aliphatic heterocycles. The van der Waals surface area contributed by atoms with E-state index in [-0.39, 0.29) is 28.7 Å². The smallest absolute Gasteiger partial charge is 0.342 e. The number of aromatic carboxylic acids is 2. The number of hydrogen-bond acceptors (Lipinski definition) is 6. The van der Waals surface area contributed by atoms with Crippen LogP contribution in [0.4, 0.5) is 10.2 Å². The molecule has 0 saturated heterocycles. The van der Waals surface area contributed by atoms with Crippen LogP contribution in [0.2, 0.25) is 5.02 Å². The van der Waals surface area contributed by atoms with Gasteiger partial charge in [0.2, 0.25) is 0 Å². The molecule has 0 spiro atoms. The molecule has 0 saturated carbocycles. The molecule has 9 nitrogen and oxygen atoms in total. The van der Waals surface area contributed by atoms with E-state index >= 15 is 0 Å². The van der Waals surface area contributed by atoms with Crippen LogP contribution in [0, 0.1) is 5.82 Å². The van der Waals surface area contributed by atoms with Gasteiger partial charge >= 0.3 is 11.9 Å². The molecule has 11 heteroatoms. The number of ether oxygens (including phenoxy) is 2. The van der Waals surface area contributed by atoms with Crippen molar-refractivity contribution in [3.8, 4) is 22.6 Å². The Morgan fingerprint density at radius 2 is 1.78 bits per heavy atom. The highest BCUT2D eigenvalue weighted by Gasteiger charge is 2.27. The second-order valence-electron chi connectivity index (χ2n) is 6.49. The largest absolute Gasteiger partial charge is 0.493 e. The van der Waals surface area contributed by atoms with E-state index in [1.54, 1.807) is 0 Å². The summed E-state index contributed by atoms with van der Waals surface area (Å²) in [6.07, 6.45) is 0. The number of nitrogens with two attached hydrogens (primary N) is 1. The molecule has 0 atom stereocenters. The van der Waals surface area contributed by atoms with E-state index in [2.05, 4.69) is 0 Å². The van der Waals surface area contributed by atoms with Crippen molar-refractivity contribution in [2.75, 3.05) is 12.8 Å². The summed E-state index contributed by atoms with van der Waals surface area (Å²) in [6, 6.07) is 7.83. The standard InChI is InChI=1S/C21H16ClFN2O7/c1-31-13-5-3-9(6-14(13)32-8-10-2-4-11(23)7-12(10)22)15-16(20(27)28)18(24)25-19(26)17(15)21(29)30/h2-7H,8H2,1H3,(H,27,28)(H,29,30)(H3,24,25,26). The number of nitrogen functional groups attached to an aromatic ring is 1. The zero-order valence-electron chi connectivity index (χ0n) is 16.4. The lowest BCUT2D eigenvalue weighted by Gasteiger charge is -2.16. The highest BCUT2D eigenvalue weighted by molar-refractivity contribution is 6.31. The Kier molecular flexibility index (Phi) is 6.35. The number of anilines is 1. The Morgan fingerprint density at radius 1 is 1.09 bits per heavy atom. The van der Waals surface area contributed by atoms with Gasteiger partial charge in [-0.2, -0.15) is 0 Å². The number of benzene rings is 2. The maximum absolute atomic E-state index is 13.3. The molecule has 32 heavy (non-hydrogen) atoms. The molecule has 0 radical (unpaired) electrons. The van der Waals surface area contributed by atoms with Gasteiger partial charge in [-0.1, -0.05) is 23.7 Å². The maximum atomic E-state index is 13.3. The number of carboxylic acids is 2. The predicted octanol–water partition coefficient (Wildman–Crippen LogP) is 3.40. The van der Waals surface area contributed by atoms with Gasteiger partial charge in [0.1, 0.15) is 29.4 Å². The lowest BCUT2D eigenvalue weighted by atomic mass is 9.95. The zero-order chi connectivity index (χ0) is 23.6. The van der Waals surface area contributed by atoms with E-state index in [0.717, 1.165) is 6.07 Å². The molecule has 1 aromatic heterocycles. The second kappa shape index (κ2) is 8.98. The van der Waals surface area contributed by atoms with Crippen molar-refractivity contribution >= 4 is 29.4 Å². The van der Waals surface area contributed by atoms with E-state index in [1.165, 1.54) is 37.4 Å².